The summed E-state index contributed by atoms with van der Waals surface area (Å²) in [5.41, 5.74) is 0. The number of nitrogens with zero attached hydrogens (tertiary/aromatic N) is 1. The minimum absolute atomic E-state index is 0.125. The largest absolute Gasteiger partial charge is 0.465 e. The number of piperidine rings is 1. The third-order valence-electron chi connectivity index (χ3n) is 3.72. The maximum absolute atomic E-state index is 12.1. The van der Waals surface area contributed by atoms with E-state index in [9.17, 15) is 9.59 Å². The molecular weight excluding hydrogens is 242 g/mol. The number of ether oxygens (including phenoxy) is 1. The Labute approximate surface area is 116 Å². The molecule has 0 amide bonds. The Morgan fingerprint density at radius 2 is 2.05 bits per heavy atom. The molecule has 110 valence electrons. The number of hydrogen-bond donors (Lipinski definition) is 0. The van der Waals surface area contributed by atoms with Crippen LogP contribution in [0.4, 0.5) is 0 Å². The smallest absolute Gasteiger partial charge is 0.323 e. The number of likely N-dealkylation sites (tertiary alicyclic amines) is 1. The van der Waals surface area contributed by atoms with Gasteiger partial charge in [-0.25, -0.2) is 0 Å². The lowest BCUT2D eigenvalue weighted by Gasteiger charge is -2.39. The molecule has 2 atom stereocenters. The van der Waals surface area contributed by atoms with Gasteiger partial charge in [-0.1, -0.05) is 19.8 Å². The molecular formula is C15H27NO3. The summed E-state index contributed by atoms with van der Waals surface area (Å²) in [4.78, 5) is 25.7. The summed E-state index contributed by atoms with van der Waals surface area (Å²) in [6, 6.07) is 0.0433. The zero-order chi connectivity index (χ0) is 14.3. The Kier molecular flexibility index (Phi) is 7.06. The van der Waals surface area contributed by atoms with E-state index in [-0.39, 0.29) is 23.8 Å². The Hall–Kier alpha value is -0.900. The lowest BCUT2D eigenvalue weighted by atomic mass is 9.94. The van der Waals surface area contributed by atoms with E-state index in [0.717, 1.165) is 38.6 Å². The molecule has 1 heterocycles. The molecule has 4 heteroatoms. The van der Waals surface area contributed by atoms with Gasteiger partial charge in [-0.2, -0.15) is 0 Å². The Balaban J connectivity index is 2.77. The minimum atomic E-state index is -0.172. The first-order valence-electron chi connectivity index (χ1n) is 7.51. The monoisotopic (exact) mass is 269 g/mol. The molecule has 0 saturated carbocycles. The third kappa shape index (κ3) is 4.94. The van der Waals surface area contributed by atoms with Crippen LogP contribution < -0.4 is 0 Å². The molecule has 0 N–H and O–H groups in total. The van der Waals surface area contributed by atoms with Gasteiger partial charge in [0.1, 0.15) is 11.8 Å². The molecule has 1 rings (SSSR count). The fourth-order valence-electron chi connectivity index (χ4n) is 2.92. The molecule has 19 heavy (non-hydrogen) atoms. The van der Waals surface area contributed by atoms with Crippen molar-refractivity contribution in [2.75, 3.05) is 13.2 Å². The van der Waals surface area contributed by atoms with Gasteiger partial charge in [-0.15, -0.1) is 0 Å². The minimum Gasteiger partial charge on any atom is -0.465 e. The number of carbonyl (C=O) groups is 2. The van der Waals surface area contributed by atoms with Crippen molar-refractivity contribution in [2.24, 2.45) is 0 Å². The fraction of sp³-hybridized carbons (Fsp3) is 0.867. The van der Waals surface area contributed by atoms with Crippen LogP contribution in [0.5, 0.6) is 0 Å². The number of hydrogen-bond acceptors (Lipinski definition) is 4. The highest BCUT2D eigenvalue weighted by Gasteiger charge is 2.33. The highest BCUT2D eigenvalue weighted by atomic mass is 16.5. The summed E-state index contributed by atoms with van der Waals surface area (Å²) >= 11 is 0. The van der Waals surface area contributed by atoms with E-state index in [4.69, 9.17) is 4.74 Å². The van der Waals surface area contributed by atoms with Crippen LogP contribution in [0.1, 0.15) is 59.3 Å². The first-order chi connectivity index (χ1) is 9.10. The Morgan fingerprint density at radius 3 is 2.63 bits per heavy atom. The maximum atomic E-state index is 12.1. The topological polar surface area (TPSA) is 46.6 Å². The molecule has 0 radical (unpaired) electrons. The average Bonchev–Trinajstić information content (AvgIpc) is 2.36. The van der Waals surface area contributed by atoms with Crippen LogP contribution in [-0.4, -0.2) is 41.9 Å². The van der Waals surface area contributed by atoms with Crippen LogP contribution in [0, 0.1) is 0 Å². The second-order valence-corrected chi connectivity index (χ2v) is 5.35. The number of esters is 1. The van der Waals surface area contributed by atoms with Gasteiger partial charge in [0.2, 0.25) is 0 Å². The second-order valence-electron chi connectivity index (χ2n) is 5.35. The number of rotatable bonds is 7. The van der Waals surface area contributed by atoms with Crippen LogP contribution in [0.2, 0.25) is 0 Å². The van der Waals surface area contributed by atoms with Gasteiger partial charge in [0, 0.05) is 12.5 Å². The lowest BCUT2D eigenvalue weighted by molar-refractivity contribution is -0.152. The molecule has 0 aromatic carbocycles. The Bertz CT molecular complexity index is 304. The molecule has 2 unspecified atom stereocenters. The molecule has 1 saturated heterocycles. The van der Waals surface area contributed by atoms with E-state index < -0.39 is 0 Å². The molecule has 0 bridgehead atoms. The number of Topliss-reactive ketones (excluding diaryl/α,β-unsaturated/α-hetero) is 1. The van der Waals surface area contributed by atoms with Gasteiger partial charge in [0.15, 0.2) is 0 Å². The van der Waals surface area contributed by atoms with E-state index in [0.29, 0.717) is 13.0 Å². The van der Waals surface area contributed by atoms with Crippen LogP contribution >= 0.6 is 0 Å². The molecule has 0 aliphatic carbocycles. The zero-order valence-electron chi connectivity index (χ0n) is 12.5. The van der Waals surface area contributed by atoms with Crippen LogP contribution in [0.25, 0.3) is 0 Å². The molecule has 1 aliphatic rings. The van der Waals surface area contributed by atoms with Gasteiger partial charge in [0.05, 0.1) is 6.61 Å². The molecule has 0 aromatic heterocycles. The standard InChI is InChI=1S/C15H27NO3/c1-4-8-14(15(18)19-5-2)16-10-7-6-9-13(16)11-12(3)17/h13-14H,4-11H2,1-3H3. The van der Waals surface area contributed by atoms with Crippen molar-refractivity contribution in [3.05, 3.63) is 0 Å². The Morgan fingerprint density at radius 1 is 1.32 bits per heavy atom. The molecule has 4 nitrogen and oxygen atoms in total. The summed E-state index contributed by atoms with van der Waals surface area (Å²) in [5, 5.41) is 0. The second kappa shape index (κ2) is 8.31. The summed E-state index contributed by atoms with van der Waals surface area (Å²) in [7, 11) is 0. The fourth-order valence-corrected chi connectivity index (χ4v) is 2.92. The first-order valence-corrected chi connectivity index (χ1v) is 7.51. The van der Waals surface area contributed by atoms with Gasteiger partial charge < -0.3 is 4.74 Å². The average molecular weight is 269 g/mol. The summed E-state index contributed by atoms with van der Waals surface area (Å²) < 4.78 is 5.20. The number of ketones is 1. The quantitative estimate of drug-likeness (QED) is 0.666. The summed E-state index contributed by atoms with van der Waals surface area (Å²) in [6.07, 6.45) is 5.59. The summed E-state index contributed by atoms with van der Waals surface area (Å²) in [5.74, 6) is 0.0795. The van der Waals surface area contributed by atoms with Crippen LogP contribution in [0.3, 0.4) is 0 Å². The molecule has 0 aromatic rings. The maximum Gasteiger partial charge on any atom is 0.323 e. The van der Waals surface area contributed by atoms with Crippen molar-refractivity contribution < 1.29 is 14.3 Å². The number of carbonyl (C=O) groups excluding carboxylic acids is 2. The van der Waals surface area contributed by atoms with Gasteiger partial charge in [-0.3, -0.25) is 14.5 Å². The lowest BCUT2D eigenvalue weighted by Crippen LogP contribution is -2.50. The van der Waals surface area contributed by atoms with E-state index in [1.807, 2.05) is 6.92 Å². The summed E-state index contributed by atoms with van der Waals surface area (Å²) in [6.45, 7) is 6.87. The van der Waals surface area contributed by atoms with Crippen molar-refractivity contribution in [3.63, 3.8) is 0 Å². The third-order valence-corrected chi connectivity index (χ3v) is 3.72. The predicted molar refractivity (Wildman–Crippen MR) is 75.0 cm³/mol. The van der Waals surface area contributed by atoms with Crippen molar-refractivity contribution in [3.8, 4) is 0 Å². The van der Waals surface area contributed by atoms with Crippen molar-refractivity contribution in [1.29, 1.82) is 0 Å². The predicted octanol–water partition coefficient (Wildman–Crippen LogP) is 2.55. The van der Waals surface area contributed by atoms with E-state index in [1.165, 1.54) is 0 Å². The highest BCUT2D eigenvalue weighted by Crippen LogP contribution is 2.25. The van der Waals surface area contributed by atoms with E-state index in [2.05, 4.69) is 11.8 Å². The SMILES string of the molecule is CCCC(C(=O)OCC)N1CCCCC1CC(C)=O. The van der Waals surface area contributed by atoms with Crippen LogP contribution in [0.15, 0.2) is 0 Å². The van der Waals surface area contributed by atoms with E-state index >= 15 is 0 Å². The van der Waals surface area contributed by atoms with Gasteiger partial charge in [-0.05, 0) is 39.7 Å². The van der Waals surface area contributed by atoms with Gasteiger partial charge >= 0.3 is 5.97 Å². The van der Waals surface area contributed by atoms with E-state index in [1.54, 1.807) is 6.92 Å². The molecule has 1 fully saturated rings. The van der Waals surface area contributed by atoms with Crippen molar-refractivity contribution in [2.45, 2.75) is 71.4 Å². The van der Waals surface area contributed by atoms with Crippen molar-refractivity contribution >= 4 is 11.8 Å². The highest BCUT2D eigenvalue weighted by molar-refractivity contribution is 5.77. The zero-order valence-corrected chi connectivity index (χ0v) is 12.5. The molecule has 1 aliphatic heterocycles. The van der Waals surface area contributed by atoms with Gasteiger partial charge in [0.25, 0.3) is 0 Å². The first kappa shape index (κ1) is 16.2. The van der Waals surface area contributed by atoms with Crippen LogP contribution in [-0.2, 0) is 14.3 Å². The normalized spacial score (nSPS) is 21.9. The van der Waals surface area contributed by atoms with Crippen molar-refractivity contribution in [1.82, 2.24) is 4.90 Å². The molecule has 0 spiro atoms.